The van der Waals surface area contributed by atoms with Crippen molar-refractivity contribution in [3.8, 4) is 11.5 Å². The lowest BCUT2D eigenvalue weighted by molar-refractivity contribution is -0.119. The van der Waals surface area contributed by atoms with E-state index >= 15 is 0 Å². The molecule has 2 N–H and O–H groups in total. The fourth-order valence-corrected chi connectivity index (χ4v) is 3.35. The first kappa shape index (κ1) is 24.6. The van der Waals surface area contributed by atoms with Crippen LogP contribution in [0.3, 0.4) is 0 Å². The van der Waals surface area contributed by atoms with Crippen LogP contribution in [0.25, 0.3) is 0 Å². The summed E-state index contributed by atoms with van der Waals surface area (Å²) in [6, 6.07) is 10.2. The normalized spacial score (nSPS) is 11.2. The number of benzene rings is 2. The summed E-state index contributed by atoms with van der Waals surface area (Å²) >= 11 is 18.1. The van der Waals surface area contributed by atoms with E-state index in [2.05, 4.69) is 10.0 Å². The predicted octanol–water partition coefficient (Wildman–Crippen LogP) is 4.24. The van der Waals surface area contributed by atoms with Crippen LogP contribution in [0.2, 0.25) is 10.0 Å². The van der Waals surface area contributed by atoms with E-state index in [1.54, 1.807) is 36.4 Å². The molecule has 0 aliphatic carbocycles. The van der Waals surface area contributed by atoms with Gasteiger partial charge in [-0.15, -0.1) is 11.6 Å². The van der Waals surface area contributed by atoms with E-state index in [1.807, 2.05) is 0 Å². The molecule has 0 saturated heterocycles. The van der Waals surface area contributed by atoms with Crippen molar-refractivity contribution in [1.82, 2.24) is 4.72 Å². The van der Waals surface area contributed by atoms with Gasteiger partial charge >= 0.3 is 0 Å². The third-order valence-corrected chi connectivity index (χ3v) is 5.09. The summed E-state index contributed by atoms with van der Waals surface area (Å²) in [4.78, 5) is 11.6. The molecule has 164 valence electrons. The second-order valence-corrected chi connectivity index (χ2v) is 9.26. The number of carbonyl (C=O) groups excluding carboxylic acids is 1. The zero-order valence-electron chi connectivity index (χ0n) is 16.1. The smallest absolute Gasteiger partial charge is 0.209 e. The Morgan fingerprint density at radius 3 is 2.23 bits per heavy atom. The Kier molecular flexibility index (Phi) is 9.51. The molecule has 30 heavy (non-hydrogen) atoms. The average Bonchev–Trinajstić information content (AvgIpc) is 2.67. The molecule has 0 bridgehead atoms. The number of rotatable bonds is 12. The molecule has 11 heteroatoms. The van der Waals surface area contributed by atoms with Crippen LogP contribution < -0.4 is 19.5 Å². The molecular weight excluding hydrogens is 475 g/mol. The predicted molar refractivity (Wildman–Crippen MR) is 120 cm³/mol. The molecule has 0 fully saturated rings. The molecule has 0 unspecified atom stereocenters. The van der Waals surface area contributed by atoms with Gasteiger partial charge in [0, 0.05) is 17.3 Å². The molecular formula is C19H21Cl3N2O5S. The first-order valence-corrected chi connectivity index (χ1v) is 12.0. The Hall–Kier alpha value is -1.71. The topological polar surface area (TPSA) is 93.7 Å². The molecule has 0 saturated carbocycles. The van der Waals surface area contributed by atoms with Crippen molar-refractivity contribution in [2.24, 2.45) is 0 Å². The highest BCUT2D eigenvalue weighted by Gasteiger charge is 2.11. The average molecular weight is 496 g/mol. The number of sulfonamides is 1. The molecule has 0 spiro atoms. The zero-order valence-corrected chi connectivity index (χ0v) is 19.2. The summed E-state index contributed by atoms with van der Waals surface area (Å²) in [5.74, 6) is 0.973. The van der Waals surface area contributed by atoms with Crippen molar-refractivity contribution in [3.05, 3.63) is 46.4 Å². The molecule has 2 aromatic carbocycles. The fraction of sp³-hybridized carbons (Fsp3) is 0.316. The molecule has 0 aromatic heterocycles. The molecule has 2 rings (SSSR count). The second-order valence-electron chi connectivity index (χ2n) is 6.23. The van der Waals surface area contributed by atoms with E-state index in [-0.39, 0.29) is 18.9 Å². The second kappa shape index (κ2) is 11.6. The first-order valence-electron chi connectivity index (χ1n) is 8.82. The van der Waals surface area contributed by atoms with Crippen LogP contribution >= 0.6 is 34.8 Å². The van der Waals surface area contributed by atoms with Gasteiger partial charge in [-0.3, -0.25) is 4.79 Å². The molecule has 0 atom stereocenters. The fourth-order valence-electron chi connectivity index (χ4n) is 2.23. The van der Waals surface area contributed by atoms with Gasteiger partial charge in [0.25, 0.3) is 0 Å². The third kappa shape index (κ3) is 8.57. The van der Waals surface area contributed by atoms with E-state index < -0.39 is 10.0 Å². The minimum Gasteiger partial charge on any atom is -0.490 e. The van der Waals surface area contributed by atoms with Crippen molar-refractivity contribution in [2.45, 2.75) is 6.42 Å². The number of Topliss-reactive ketones (excluding diaryl/α,β-unsaturated/α-hetero) is 1. The third-order valence-electron chi connectivity index (χ3n) is 3.60. The Labute approximate surface area is 190 Å². The summed E-state index contributed by atoms with van der Waals surface area (Å²) in [6.45, 7) is -0.138. The van der Waals surface area contributed by atoms with Gasteiger partial charge < -0.3 is 14.8 Å². The van der Waals surface area contributed by atoms with E-state index in [9.17, 15) is 13.2 Å². The molecule has 7 nitrogen and oxygen atoms in total. The maximum absolute atomic E-state index is 11.6. The van der Waals surface area contributed by atoms with Crippen molar-refractivity contribution in [1.29, 1.82) is 0 Å². The lowest BCUT2D eigenvalue weighted by Gasteiger charge is -2.13. The van der Waals surface area contributed by atoms with Gasteiger partial charge in [0.05, 0.1) is 29.5 Å². The molecule has 0 heterocycles. The highest BCUT2D eigenvalue weighted by atomic mass is 35.5. The van der Waals surface area contributed by atoms with Crippen LogP contribution in [0.15, 0.2) is 36.4 Å². The van der Waals surface area contributed by atoms with Gasteiger partial charge in [0.15, 0.2) is 11.5 Å². The van der Waals surface area contributed by atoms with Crippen molar-refractivity contribution < 1.29 is 22.7 Å². The van der Waals surface area contributed by atoms with E-state index in [0.717, 1.165) is 11.9 Å². The molecule has 0 aliphatic rings. The molecule has 0 amide bonds. The quantitative estimate of drug-likeness (QED) is 0.338. The lowest BCUT2D eigenvalue weighted by Crippen LogP contribution is -2.31. The Morgan fingerprint density at radius 2 is 1.67 bits per heavy atom. The number of alkyl halides is 1. The molecule has 0 aliphatic heterocycles. The van der Waals surface area contributed by atoms with Gasteiger partial charge in [0.1, 0.15) is 12.4 Å². The van der Waals surface area contributed by atoms with Crippen LogP contribution in [-0.4, -0.2) is 46.1 Å². The SMILES string of the molecule is CS(=O)(=O)NCC(=O)COc1ccc(Nc2cc(Cl)c(OCCCCl)c(Cl)c2)cc1. The lowest BCUT2D eigenvalue weighted by atomic mass is 10.2. The first-order chi connectivity index (χ1) is 14.2. The maximum Gasteiger partial charge on any atom is 0.209 e. The maximum atomic E-state index is 11.6. The number of hydrogen-bond donors (Lipinski definition) is 2. The Balaban J connectivity index is 1.92. The number of carbonyl (C=O) groups is 1. The highest BCUT2D eigenvalue weighted by molar-refractivity contribution is 7.88. The molecule has 2 aromatic rings. The minimum absolute atomic E-state index is 0.244. The van der Waals surface area contributed by atoms with Gasteiger partial charge in [0.2, 0.25) is 10.0 Å². The van der Waals surface area contributed by atoms with Crippen LogP contribution in [0, 0.1) is 0 Å². The number of nitrogens with one attached hydrogen (secondary N) is 2. The number of ketones is 1. The zero-order chi connectivity index (χ0) is 22.1. The number of hydrogen-bond acceptors (Lipinski definition) is 6. The van der Waals surface area contributed by atoms with Gasteiger partial charge in [-0.1, -0.05) is 23.2 Å². The van der Waals surface area contributed by atoms with Gasteiger partial charge in [-0.05, 0) is 42.8 Å². The van der Waals surface area contributed by atoms with E-state index in [0.29, 0.717) is 46.1 Å². The Bertz CT molecular complexity index is 946. The van der Waals surface area contributed by atoms with E-state index in [4.69, 9.17) is 44.3 Å². The summed E-state index contributed by atoms with van der Waals surface area (Å²) in [6.07, 6.45) is 1.66. The number of ether oxygens (including phenoxy) is 2. The van der Waals surface area contributed by atoms with Crippen LogP contribution in [0.5, 0.6) is 11.5 Å². The summed E-state index contributed by atoms with van der Waals surface area (Å²) in [5, 5.41) is 3.92. The van der Waals surface area contributed by atoms with Crippen LogP contribution in [0.1, 0.15) is 6.42 Å². The Morgan fingerprint density at radius 1 is 1.03 bits per heavy atom. The van der Waals surface area contributed by atoms with Crippen molar-refractivity contribution >= 4 is 62.0 Å². The van der Waals surface area contributed by atoms with Gasteiger partial charge in [-0.2, -0.15) is 0 Å². The standard InChI is InChI=1S/C19H21Cl3N2O5S/c1-30(26,27)23-11-15(25)12-29-16-5-3-13(4-6-16)24-14-9-17(21)19(18(22)10-14)28-8-2-7-20/h3-6,9-10,23-24H,2,7-8,11-12H2,1H3. The van der Waals surface area contributed by atoms with Crippen molar-refractivity contribution in [2.75, 3.05) is 37.2 Å². The number of anilines is 2. The van der Waals surface area contributed by atoms with Crippen LogP contribution in [-0.2, 0) is 14.8 Å². The summed E-state index contributed by atoms with van der Waals surface area (Å²) < 4.78 is 35.0. The van der Waals surface area contributed by atoms with E-state index in [1.165, 1.54) is 0 Å². The van der Waals surface area contributed by atoms with Crippen LogP contribution in [0.4, 0.5) is 11.4 Å². The number of halogens is 3. The molecule has 0 radical (unpaired) electrons. The largest absolute Gasteiger partial charge is 0.490 e. The highest BCUT2D eigenvalue weighted by Crippen LogP contribution is 2.37. The monoisotopic (exact) mass is 494 g/mol. The summed E-state index contributed by atoms with van der Waals surface area (Å²) in [7, 11) is -3.42. The van der Waals surface area contributed by atoms with Crippen molar-refractivity contribution in [3.63, 3.8) is 0 Å². The van der Waals surface area contributed by atoms with Gasteiger partial charge in [-0.25, -0.2) is 13.1 Å². The summed E-state index contributed by atoms with van der Waals surface area (Å²) in [5.41, 5.74) is 1.42. The minimum atomic E-state index is -3.42.